The van der Waals surface area contributed by atoms with E-state index in [1.54, 1.807) is 23.1 Å². The Morgan fingerprint density at radius 3 is 2.39 bits per heavy atom. The predicted molar refractivity (Wildman–Crippen MR) is 107 cm³/mol. The number of benzene rings is 1. The summed E-state index contributed by atoms with van der Waals surface area (Å²) in [5, 5.41) is 0. The first-order valence-corrected chi connectivity index (χ1v) is 10.7. The molecule has 3 aliphatic rings. The Kier molecular flexibility index (Phi) is 5.95. The zero-order valence-electron chi connectivity index (χ0n) is 16.5. The molecule has 152 valence electrons. The number of hydrogen-bond donors (Lipinski definition) is 0. The molecule has 2 saturated heterocycles. The number of carbonyl (C=O) groups excluding carboxylic acids is 2. The topological polar surface area (TPSA) is 43.9 Å². The van der Waals surface area contributed by atoms with Gasteiger partial charge in [0.2, 0.25) is 11.8 Å². The van der Waals surface area contributed by atoms with Crippen molar-refractivity contribution < 1.29 is 14.0 Å². The summed E-state index contributed by atoms with van der Waals surface area (Å²) in [6.45, 7) is 3.37. The summed E-state index contributed by atoms with van der Waals surface area (Å²) in [4.78, 5) is 31.2. The highest BCUT2D eigenvalue weighted by atomic mass is 19.1. The van der Waals surface area contributed by atoms with Crippen molar-refractivity contribution in [2.24, 2.45) is 5.92 Å². The van der Waals surface area contributed by atoms with Crippen LogP contribution in [-0.2, 0) is 9.59 Å². The van der Waals surface area contributed by atoms with Crippen LogP contribution < -0.4 is 4.90 Å². The number of hydrogen-bond acceptors (Lipinski definition) is 3. The van der Waals surface area contributed by atoms with Gasteiger partial charge in [-0.1, -0.05) is 31.4 Å². The van der Waals surface area contributed by atoms with Gasteiger partial charge in [0.1, 0.15) is 5.82 Å². The Morgan fingerprint density at radius 1 is 0.964 bits per heavy atom. The number of para-hydroxylation sites is 1. The Balaban J connectivity index is 1.30. The Bertz CT molecular complexity index is 711. The SMILES string of the molecule is O=C(CC1CCCCC1)N1CCN(C2CCN(c3ccccc3F)C2=O)CC1. The van der Waals surface area contributed by atoms with Crippen LogP contribution in [0.2, 0.25) is 0 Å². The van der Waals surface area contributed by atoms with Crippen LogP contribution >= 0.6 is 0 Å². The molecule has 0 N–H and O–H groups in total. The van der Waals surface area contributed by atoms with Crippen LogP contribution in [0.15, 0.2) is 24.3 Å². The average Bonchev–Trinajstić information content (AvgIpc) is 3.10. The van der Waals surface area contributed by atoms with Gasteiger partial charge in [0.05, 0.1) is 11.7 Å². The molecule has 1 aromatic carbocycles. The second-order valence-electron chi connectivity index (χ2n) is 8.37. The molecule has 28 heavy (non-hydrogen) atoms. The maximum Gasteiger partial charge on any atom is 0.244 e. The lowest BCUT2D eigenvalue weighted by atomic mass is 9.86. The van der Waals surface area contributed by atoms with Crippen molar-refractivity contribution >= 4 is 17.5 Å². The molecule has 5 nitrogen and oxygen atoms in total. The molecule has 2 heterocycles. The van der Waals surface area contributed by atoms with E-state index in [1.165, 1.54) is 38.2 Å². The largest absolute Gasteiger partial charge is 0.340 e. The van der Waals surface area contributed by atoms with Gasteiger partial charge in [-0.15, -0.1) is 0 Å². The van der Waals surface area contributed by atoms with Gasteiger partial charge in [-0.05, 0) is 37.3 Å². The average molecular weight is 387 g/mol. The lowest BCUT2D eigenvalue weighted by molar-refractivity contribution is -0.135. The highest BCUT2D eigenvalue weighted by molar-refractivity contribution is 5.99. The highest BCUT2D eigenvalue weighted by Crippen LogP contribution is 2.29. The molecule has 0 radical (unpaired) electrons. The lowest BCUT2D eigenvalue weighted by Gasteiger charge is -2.38. The summed E-state index contributed by atoms with van der Waals surface area (Å²) in [5.41, 5.74) is 0.372. The highest BCUT2D eigenvalue weighted by Gasteiger charge is 2.39. The maximum atomic E-state index is 14.1. The van der Waals surface area contributed by atoms with Crippen molar-refractivity contribution in [3.63, 3.8) is 0 Å². The molecule has 1 atom stereocenters. The molecule has 0 aromatic heterocycles. The first-order chi connectivity index (χ1) is 13.6. The van der Waals surface area contributed by atoms with E-state index in [-0.39, 0.29) is 23.7 Å². The number of rotatable bonds is 4. The van der Waals surface area contributed by atoms with Crippen LogP contribution in [0.1, 0.15) is 44.9 Å². The number of amides is 2. The molecule has 0 spiro atoms. The van der Waals surface area contributed by atoms with Crippen LogP contribution in [0.4, 0.5) is 10.1 Å². The molecular weight excluding hydrogens is 357 g/mol. The maximum absolute atomic E-state index is 14.1. The minimum atomic E-state index is -0.352. The van der Waals surface area contributed by atoms with Gasteiger partial charge in [0.15, 0.2) is 0 Å². The fourth-order valence-electron chi connectivity index (χ4n) is 4.96. The predicted octanol–water partition coefficient (Wildman–Crippen LogP) is 3.05. The summed E-state index contributed by atoms with van der Waals surface area (Å²) in [6, 6.07) is 6.26. The van der Waals surface area contributed by atoms with E-state index in [9.17, 15) is 14.0 Å². The van der Waals surface area contributed by atoms with Gasteiger partial charge in [-0.3, -0.25) is 14.5 Å². The van der Waals surface area contributed by atoms with Crippen LogP contribution in [0.3, 0.4) is 0 Å². The summed E-state index contributed by atoms with van der Waals surface area (Å²) < 4.78 is 14.1. The molecule has 1 saturated carbocycles. The van der Waals surface area contributed by atoms with Gasteiger partial charge in [-0.25, -0.2) is 4.39 Å². The Morgan fingerprint density at radius 2 is 1.68 bits per heavy atom. The quantitative estimate of drug-likeness (QED) is 0.798. The molecule has 1 unspecified atom stereocenters. The van der Waals surface area contributed by atoms with Gasteiger partial charge in [-0.2, -0.15) is 0 Å². The minimum Gasteiger partial charge on any atom is -0.340 e. The van der Waals surface area contributed by atoms with E-state index in [0.29, 0.717) is 44.1 Å². The molecule has 4 rings (SSSR count). The molecule has 2 amide bonds. The molecule has 1 aromatic rings. The second kappa shape index (κ2) is 8.60. The third kappa shape index (κ3) is 4.07. The summed E-state index contributed by atoms with van der Waals surface area (Å²) in [5.74, 6) is 0.462. The molecule has 0 bridgehead atoms. The fraction of sp³-hybridized carbons (Fsp3) is 0.636. The van der Waals surface area contributed by atoms with Crippen molar-refractivity contribution in [2.75, 3.05) is 37.6 Å². The second-order valence-corrected chi connectivity index (χ2v) is 8.37. The molecule has 1 aliphatic carbocycles. The van der Waals surface area contributed by atoms with Gasteiger partial charge < -0.3 is 9.80 Å². The van der Waals surface area contributed by atoms with E-state index >= 15 is 0 Å². The Labute approximate surface area is 166 Å². The molecule has 6 heteroatoms. The van der Waals surface area contributed by atoms with Crippen LogP contribution in [-0.4, -0.2) is 60.4 Å². The monoisotopic (exact) mass is 387 g/mol. The smallest absolute Gasteiger partial charge is 0.244 e. The first-order valence-electron chi connectivity index (χ1n) is 10.7. The van der Waals surface area contributed by atoms with Crippen molar-refractivity contribution in [2.45, 2.75) is 51.0 Å². The third-order valence-corrected chi connectivity index (χ3v) is 6.62. The summed E-state index contributed by atoms with van der Waals surface area (Å²) in [7, 11) is 0. The van der Waals surface area contributed by atoms with Crippen molar-refractivity contribution in [3.05, 3.63) is 30.1 Å². The van der Waals surface area contributed by atoms with E-state index in [4.69, 9.17) is 0 Å². The standard InChI is InChI=1S/C22H30FN3O2/c23-18-8-4-5-9-19(18)26-11-10-20(22(26)28)24-12-14-25(15-13-24)21(27)16-17-6-2-1-3-7-17/h4-5,8-9,17,20H,1-3,6-7,10-16H2. The van der Waals surface area contributed by atoms with Crippen molar-refractivity contribution in [3.8, 4) is 0 Å². The van der Waals surface area contributed by atoms with Gasteiger partial charge in [0.25, 0.3) is 0 Å². The van der Waals surface area contributed by atoms with E-state index in [0.717, 1.165) is 13.1 Å². The van der Waals surface area contributed by atoms with Crippen LogP contribution in [0.5, 0.6) is 0 Å². The van der Waals surface area contributed by atoms with E-state index in [2.05, 4.69) is 4.90 Å². The van der Waals surface area contributed by atoms with Crippen molar-refractivity contribution in [1.29, 1.82) is 0 Å². The summed E-state index contributed by atoms with van der Waals surface area (Å²) >= 11 is 0. The van der Waals surface area contributed by atoms with Crippen molar-refractivity contribution in [1.82, 2.24) is 9.80 Å². The zero-order valence-corrected chi connectivity index (χ0v) is 16.5. The number of carbonyl (C=O) groups is 2. The van der Waals surface area contributed by atoms with Gasteiger partial charge >= 0.3 is 0 Å². The molecule has 3 fully saturated rings. The third-order valence-electron chi connectivity index (χ3n) is 6.62. The minimum absolute atomic E-state index is 0.0212. The van der Waals surface area contributed by atoms with Crippen LogP contribution in [0.25, 0.3) is 0 Å². The fourth-order valence-corrected chi connectivity index (χ4v) is 4.96. The zero-order chi connectivity index (χ0) is 19.5. The normalized spacial score (nSPS) is 24.8. The van der Waals surface area contributed by atoms with E-state index in [1.807, 2.05) is 4.90 Å². The molecule has 2 aliphatic heterocycles. The number of piperazine rings is 1. The van der Waals surface area contributed by atoms with E-state index < -0.39 is 0 Å². The number of nitrogens with zero attached hydrogens (tertiary/aromatic N) is 3. The van der Waals surface area contributed by atoms with Crippen LogP contribution in [0, 0.1) is 11.7 Å². The Hall–Kier alpha value is -1.95. The molecular formula is C22H30FN3O2. The first kappa shape index (κ1) is 19.4. The number of halogens is 1. The van der Waals surface area contributed by atoms with Gasteiger partial charge in [0, 0.05) is 39.1 Å². The number of anilines is 1. The lowest BCUT2D eigenvalue weighted by Crippen LogP contribution is -2.54. The summed E-state index contributed by atoms with van der Waals surface area (Å²) in [6.07, 6.45) is 7.60.